The van der Waals surface area contributed by atoms with E-state index >= 15 is 0 Å². The van der Waals surface area contributed by atoms with E-state index in [1.165, 1.54) is 11.1 Å². The molecule has 0 atom stereocenters. The summed E-state index contributed by atoms with van der Waals surface area (Å²) in [5.41, 5.74) is 3.35. The molecule has 0 spiro atoms. The summed E-state index contributed by atoms with van der Waals surface area (Å²) in [4.78, 5) is 0. The van der Waals surface area contributed by atoms with Crippen LogP contribution in [0, 0.1) is 13.8 Å². The monoisotopic (exact) mass is 203 g/mol. The van der Waals surface area contributed by atoms with Crippen molar-refractivity contribution in [2.45, 2.75) is 20.5 Å². The summed E-state index contributed by atoms with van der Waals surface area (Å²) >= 11 is 0. The van der Waals surface area contributed by atoms with Crippen LogP contribution in [0.2, 0.25) is 0 Å². The summed E-state index contributed by atoms with van der Waals surface area (Å²) in [5, 5.41) is 3.61. The molecule has 0 aliphatic heterocycles. The molecular weight excluding hydrogens is 190 g/mol. The fourth-order valence-electron chi connectivity index (χ4n) is 1.48. The maximum Gasteiger partial charge on any atom is 0.130 e. The third-order valence-electron chi connectivity index (χ3n) is 2.08. The van der Waals surface area contributed by atoms with Gasteiger partial charge in [0, 0.05) is 5.56 Å². The van der Waals surface area contributed by atoms with Crippen LogP contribution in [-0.2, 0) is 6.61 Å². The molecule has 0 saturated carbocycles. The van der Waals surface area contributed by atoms with Gasteiger partial charge in [-0.3, -0.25) is 0 Å². The van der Waals surface area contributed by atoms with Crippen LogP contribution < -0.4 is 4.74 Å². The fourth-order valence-corrected chi connectivity index (χ4v) is 1.48. The van der Waals surface area contributed by atoms with Crippen molar-refractivity contribution >= 4 is 0 Å². The van der Waals surface area contributed by atoms with Gasteiger partial charge in [-0.05, 0) is 37.1 Å². The van der Waals surface area contributed by atoms with Gasteiger partial charge in [0.15, 0.2) is 0 Å². The molecule has 78 valence electrons. The van der Waals surface area contributed by atoms with Crippen LogP contribution in [0.25, 0.3) is 0 Å². The van der Waals surface area contributed by atoms with Crippen molar-refractivity contribution in [1.29, 1.82) is 0 Å². The van der Waals surface area contributed by atoms with Crippen molar-refractivity contribution in [3.05, 3.63) is 47.3 Å². The molecule has 0 N–H and O–H groups in total. The highest BCUT2D eigenvalue weighted by Crippen LogP contribution is 2.17. The molecule has 15 heavy (non-hydrogen) atoms. The van der Waals surface area contributed by atoms with Gasteiger partial charge in [0.1, 0.15) is 18.6 Å². The van der Waals surface area contributed by atoms with Crippen LogP contribution in [0.1, 0.15) is 16.7 Å². The van der Waals surface area contributed by atoms with Crippen molar-refractivity contribution in [3.8, 4) is 5.75 Å². The molecular formula is C12H13NO2. The number of hydrogen-bond acceptors (Lipinski definition) is 3. The number of benzene rings is 1. The van der Waals surface area contributed by atoms with Gasteiger partial charge >= 0.3 is 0 Å². The molecule has 0 fully saturated rings. The number of hydrogen-bond donors (Lipinski definition) is 0. The SMILES string of the molecule is Cc1cc(C)cc(OCc2cnoc2)c1. The average Bonchev–Trinajstić information content (AvgIpc) is 2.65. The Labute approximate surface area is 88.7 Å². The lowest BCUT2D eigenvalue weighted by Gasteiger charge is -2.06. The second-order valence-corrected chi connectivity index (χ2v) is 3.64. The minimum atomic E-state index is 0.492. The second kappa shape index (κ2) is 4.17. The standard InChI is InChI=1S/C12H13NO2/c1-9-3-10(2)5-12(4-9)14-7-11-6-13-15-8-11/h3-6,8H,7H2,1-2H3. The number of aromatic nitrogens is 1. The summed E-state index contributed by atoms with van der Waals surface area (Å²) in [6, 6.07) is 6.15. The molecule has 1 aromatic heterocycles. The predicted octanol–water partition coefficient (Wildman–Crippen LogP) is 2.87. The van der Waals surface area contributed by atoms with Crippen LogP contribution >= 0.6 is 0 Å². The van der Waals surface area contributed by atoms with Gasteiger partial charge in [-0.1, -0.05) is 11.2 Å². The quantitative estimate of drug-likeness (QED) is 0.769. The van der Waals surface area contributed by atoms with Crippen molar-refractivity contribution in [1.82, 2.24) is 5.16 Å². The van der Waals surface area contributed by atoms with E-state index in [1.807, 2.05) is 12.1 Å². The van der Waals surface area contributed by atoms with E-state index in [1.54, 1.807) is 12.5 Å². The Kier molecular flexibility index (Phi) is 2.72. The molecule has 1 aromatic carbocycles. The summed E-state index contributed by atoms with van der Waals surface area (Å²) in [6.45, 7) is 4.60. The Morgan fingerprint density at radius 3 is 2.53 bits per heavy atom. The number of aryl methyl sites for hydroxylation is 2. The molecule has 0 saturated heterocycles. The van der Waals surface area contributed by atoms with Crippen LogP contribution in [-0.4, -0.2) is 5.16 Å². The highest BCUT2D eigenvalue weighted by atomic mass is 16.5. The first-order valence-electron chi connectivity index (χ1n) is 4.83. The third kappa shape index (κ3) is 2.59. The maximum absolute atomic E-state index is 5.61. The lowest BCUT2D eigenvalue weighted by Crippen LogP contribution is -1.94. The molecule has 0 amide bonds. The highest BCUT2D eigenvalue weighted by Gasteiger charge is 1.99. The summed E-state index contributed by atoms with van der Waals surface area (Å²) < 4.78 is 10.3. The van der Waals surface area contributed by atoms with Crippen molar-refractivity contribution in [3.63, 3.8) is 0 Å². The van der Waals surface area contributed by atoms with Gasteiger partial charge in [-0.25, -0.2) is 0 Å². The predicted molar refractivity (Wildman–Crippen MR) is 56.8 cm³/mol. The fraction of sp³-hybridized carbons (Fsp3) is 0.250. The van der Waals surface area contributed by atoms with Crippen LogP contribution in [0.15, 0.2) is 35.2 Å². The van der Waals surface area contributed by atoms with E-state index in [9.17, 15) is 0 Å². The molecule has 3 heteroatoms. The molecule has 1 heterocycles. The Hall–Kier alpha value is -1.77. The minimum Gasteiger partial charge on any atom is -0.489 e. The van der Waals surface area contributed by atoms with Gasteiger partial charge in [-0.15, -0.1) is 0 Å². The zero-order valence-corrected chi connectivity index (χ0v) is 8.86. The number of rotatable bonds is 3. The first kappa shape index (κ1) is 9.77. The van der Waals surface area contributed by atoms with Gasteiger partial charge in [0.2, 0.25) is 0 Å². The minimum absolute atomic E-state index is 0.492. The Bertz CT molecular complexity index is 415. The molecule has 2 rings (SSSR count). The summed E-state index contributed by atoms with van der Waals surface area (Å²) in [5.74, 6) is 0.883. The van der Waals surface area contributed by atoms with Gasteiger partial charge in [0.05, 0.1) is 6.20 Å². The summed E-state index contributed by atoms with van der Waals surface area (Å²) in [6.07, 6.45) is 3.24. The van der Waals surface area contributed by atoms with E-state index in [0.29, 0.717) is 6.61 Å². The molecule has 3 nitrogen and oxygen atoms in total. The largest absolute Gasteiger partial charge is 0.489 e. The second-order valence-electron chi connectivity index (χ2n) is 3.64. The third-order valence-corrected chi connectivity index (χ3v) is 2.08. The Morgan fingerprint density at radius 2 is 1.93 bits per heavy atom. The number of nitrogens with zero attached hydrogens (tertiary/aromatic N) is 1. The van der Waals surface area contributed by atoms with Crippen molar-refractivity contribution in [2.24, 2.45) is 0 Å². The maximum atomic E-state index is 5.61. The Balaban J connectivity index is 2.05. The van der Waals surface area contributed by atoms with E-state index in [0.717, 1.165) is 11.3 Å². The van der Waals surface area contributed by atoms with Gasteiger partial charge < -0.3 is 9.26 Å². The van der Waals surface area contributed by atoms with E-state index in [2.05, 4.69) is 25.1 Å². The zero-order valence-electron chi connectivity index (χ0n) is 8.86. The van der Waals surface area contributed by atoms with Crippen molar-refractivity contribution in [2.75, 3.05) is 0 Å². The van der Waals surface area contributed by atoms with Gasteiger partial charge in [0.25, 0.3) is 0 Å². The molecule has 0 aliphatic carbocycles. The first-order chi connectivity index (χ1) is 7.24. The molecule has 0 bridgehead atoms. The average molecular weight is 203 g/mol. The van der Waals surface area contributed by atoms with Crippen LogP contribution in [0.3, 0.4) is 0 Å². The zero-order chi connectivity index (χ0) is 10.7. The topological polar surface area (TPSA) is 35.3 Å². The Morgan fingerprint density at radius 1 is 1.20 bits per heavy atom. The first-order valence-corrected chi connectivity index (χ1v) is 4.83. The highest BCUT2D eigenvalue weighted by molar-refractivity contribution is 5.33. The van der Waals surface area contributed by atoms with E-state index < -0.39 is 0 Å². The normalized spacial score (nSPS) is 10.3. The van der Waals surface area contributed by atoms with Crippen molar-refractivity contribution < 1.29 is 9.26 Å². The molecule has 0 aliphatic rings. The molecule has 2 aromatic rings. The lowest BCUT2D eigenvalue weighted by atomic mass is 10.1. The van der Waals surface area contributed by atoms with Crippen LogP contribution in [0.4, 0.5) is 0 Å². The molecule has 0 radical (unpaired) electrons. The molecule has 0 unspecified atom stereocenters. The smallest absolute Gasteiger partial charge is 0.130 e. The van der Waals surface area contributed by atoms with Gasteiger partial charge in [-0.2, -0.15) is 0 Å². The summed E-state index contributed by atoms with van der Waals surface area (Å²) in [7, 11) is 0. The van der Waals surface area contributed by atoms with E-state index in [-0.39, 0.29) is 0 Å². The lowest BCUT2D eigenvalue weighted by molar-refractivity contribution is 0.304. The van der Waals surface area contributed by atoms with E-state index in [4.69, 9.17) is 9.26 Å². The number of ether oxygens (including phenoxy) is 1. The van der Waals surface area contributed by atoms with Crippen LogP contribution in [0.5, 0.6) is 5.75 Å².